The zero-order chi connectivity index (χ0) is 18.8. The van der Waals surface area contributed by atoms with Gasteiger partial charge in [0.2, 0.25) is 5.91 Å². The molecule has 1 saturated heterocycles. The number of hydrogen-bond donors (Lipinski definition) is 0. The van der Waals surface area contributed by atoms with E-state index in [1.54, 1.807) is 11.3 Å². The van der Waals surface area contributed by atoms with Crippen LogP contribution in [0.3, 0.4) is 0 Å². The molecule has 1 amide bonds. The second kappa shape index (κ2) is 8.12. The monoisotopic (exact) mass is 404 g/mol. The second-order valence-corrected chi connectivity index (χ2v) is 9.10. The topological polar surface area (TPSA) is 49.9 Å². The lowest BCUT2D eigenvalue weighted by Gasteiger charge is -2.37. The average molecular weight is 405 g/mol. The first-order valence-corrected chi connectivity index (χ1v) is 11.1. The molecule has 27 heavy (non-hydrogen) atoms. The highest BCUT2D eigenvalue weighted by molar-refractivity contribution is 7.10. The maximum absolute atomic E-state index is 13.0. The normalized spacial score (nSPS) is 21.1. The van der Waals surface area contributed by atoms with Gasteiger partial charge in [0.05, 0.1) is 25.6 Å². The number of piperidine rings is 1. The molecule has 4 heterocycles. The Kier molecular flexibility index (Phi) is 5.61. The lowest BCUT2D eigenvalue weighted by molar-refractivity contribution is -0.149. The molecule has 1 fully saturated rings. The van der Waals surface area contributed by atoms with E-state index in [-0.39, 0.29) is 23.8 Å². The summed E-state index contributed by atoms with van der Waals surface area (Å²) in [4.78, 5) is 31.6. The minimum Gasteiger partial charge on any atom is -0.469 e. The van der Waals surface area contributed by atoms with E-state index >= 15 is 0 Å². The fourth-order valence-corrected chi connectivity index (χ4v) is 5.90. The number of fused-ring (bicyclic) bond motifs is 1. The third-order valence-corrected chi connectivity index (χ3v) is 7.52. The number of ether oxygens (including phenoxy) is 1. The summed E-state index contributed by atoms with van der Waals surface area (Å²) in [6, 6.07) is 6.64. The maximum atomic E-state index is 13.0. The van der Waals surface area contributed by atoms with Gasteiger partial charge in [0, 0.05) is 29.4 Å². The van der Waals surface area contributed by atoms with E-state index in [0.29, 0.717) is 32.5 Å². The van der Waals surface area contributed by atoms with Crippen molar-refractivity contribution in [3.05, 3.63) is 44.3 Å². The Bertz CT molecular complexity index is 794. The Labute approximate surface area is 167 Å². The molecule has 1 unspecified atom stereocenters. The standard InChI is InChI=1S/C20H24N2O3S2/c1-25-20(24)14-4-8-21(9-5-14)18(23)13-22-10-6-16-15(7-12-27-16)19(22)17-3-2-11-26-17/h2-3,7,11-12,14,19H,4-6,8-10,13H2,1H3. The molecule has 7 heteroatoms. The van der Waals surface area contributed by atoms with Crippen LogP contribution in [0.4, 0.5) is 0 Å². The summed E-state index contributed by atoms with van der Waals surface area (Å²) in [6.45, 7) is 2.61. The Balaban J connectivity index is 1.44. The number of hydrogen-bond acceptors (Lipinski definition) is 6. The average Bonchev–Trinajstić information content (AvgIpc) is 3.39. The molecular weight excluding hydrogens is 380 g/mol. The molecule has 0 bridgehead atoms. The van der Waals surface area contributed by atoms with Gasteiger partial charge < -0.3 is 9.64 Å². The lowest BCUT2D eigenvalue weighted by atomic mass is 9.96. The van der Waals surface area contributed by atoms with Crippen LogP contribution >= 0.6 is 22.7 Å². The summed E-state index contributed by atoms with van der Waals surface area (Å²) in [5.41, 5.74) is 1.35. The molecule has 2 aromatic rings. The molecule has 0 N–H and O–H groups in total. The third kappa shape index (κ3) is 3.81. The largest absolute Gasteiger partial charge is 0.469 e. The van der Waals surface area contributed by atoms with Crippen LogP contribution < -0.4 is 0 Å². The van der Waals surface area contributed by atoms with Crippen LogP contribution in [0.5, 0.6) is 0 Å². The van der Waals surface area contributed by atoms with Gasteiger partial charge in [-0.15, -0.1) is 22.7 Å². The van der Waals surface area contributed by atoms with E-state index in [0.717, 1.165) is 13.0 Å². The number of esters is 1. The van der Waals surface area contributed by atoms with Gasteiger partial charge in [-0.2, -0.15) is 0 Å². The molecule has 2 aliphatic rings. The first kappa shape index (κ1) is 18.7. The summed E-state index contributed by atoms with van der Waals surface area (Å²) in [5.74, 6) is -0.0549. The van der Waals surface area contributed by atoms with Gasteiger partial charge in [-0.25, -0.2) is 0 Å². The van der Waals surface area contributed by atoms with Gasteiger partial charge >= 0.3 is 5.97 Å². The molecule has 0 spiro atoms. The molecule has 5 nitrogen and oxygen atoms in total. The predicted molar refractivity (Wildman–Crippen MR) is 107 cm³/mol. The Morgan fingerprint density at radius 2 is 1.96 bits per heavy atom. The summed E-state index contributed by atoms with van der Waals surface area (Å²) in [5, 5.41) is 4.27. The molecule has 4 rings (SSSR count). The summed E-state index contributed by atoms with van der Waals surface area (Å²) in [7, 11) is 1.43. The van der Waals surface area contributed by atoms with Crippen LogP contribution in [-0.4, -0.2) is 55.0 Å². The molecule has 0 saturated carbocycles. The van der Waals surface area contributed by atoms with Crippen LogP contribution in [-0.2, 0) is 20.7 Å². The third-order valence-electron chi connectivity index (χ3n) is 5.60. The van der Waals surface area contributed by atoms with E-state index in [4.69, 9.17) is 4.74 Å². The van der Waals surface area contributed by atoms with E-state index in [2.05, 4.69) is 33.9 Å². The molecule has 0 aliphatic carbocycles. The summed E-state index contributed by atoms with van der Waals surface area (Å²) >= 11 is 3.57. The van der Waals surface area contributed by atoms with Gasteiger partial charge in [0.1, 0.15) is 0 Å². The van der Waals surface area contributed by atoms with Crippen molar-refractivity contribution >= 4 is 34.6 Å². The Hall–Kier alpha value is -1.70. The van der Waals surface area contributed by atoms with E-state index in [9.17, 15) is 9.59 Å². The number of carbonyl (C=O) groups excluding carboxylic acids is 2. The molecule has 2 aromatic heterocycles. The molecular formula is C20H24N2O3S2. The smallest absolute Gasteiger partial charge is 0.308 e. The second-order valence-electron chi connectivity index (χ2n) is 7.12. The first-order valence-electron chi connectivity index (χ1n) is 9.36. The van der Waals surface area contributed by atoms with E-state index in [1.807, 2.05) is 16.2 Å². The molecule has 2 aliphatic heterocycles. The van der Waals surface area contributed by atoms with Crippen molar-refractivity contribution in [2.45, 2.75) is 25.3 Å². The number of rotatable bonds is 4. The van der Waals surface area contributed by atoms with Crippen molar-refractivity contribution in [3.8, 4) is 0 Å². The van der Waals surface area contributed by atoms with Crippen molar-refractivity contribution < 1.29 is 14.3 Å². The van der Waals surface area contributed by atoms with E-state index in [1.165, 1.54) is 22.4 Å². The number of amides is 1. The predicted octanol–water partition coefficient (Wildman–Crippen LogP) is 3.17. The Morgan fingerprint density at radius 1 is 1.15 bits per heavy atom. The highest BCUT2D eigenvalue weighted by atomic mass is 32.1. The summed E-state index contributed by atoms with van der Waals surface area (Å²) < 4.78 is 4.84. The van der Waals surface area contributed by atoms with Crippen LogP contribution in [0.1, 0.15) is 34.2 Å². The lowest BCUT2D eigenvalue weighted by Crippen LogP contribution is -2.47. The van der Waals surface area contributed by atoms with Crippen molar-refractivity contribution in [1.82, 2.24) is 9.80 Å². The Morgan fingerprint density at radius 3 is 2.67 bits per heavy atom. The number of thiophene rings is 2. The quantitative estimate of drug-likeness (QED) is 0.735. The SMILES string of the molecule is COC(=O)C1CCN(C(=O)CN2CCc3sccc3C2c2cccs2)CC1. The van der Waals surface area contributed by atoms with E-state index < -0.39 is 0 Å². The van der Waals surface area contributed by atoms with Crippen LogP contribution in [0, 0.1) is 5.92 Å². The zero-order valence-electron chi connectivity index (χ0n) is 15.4. The van der Waals surface area contributed by atoms with Crippen molar-refractivity contribution in [3.63, 3.8) is 0 Å². The van der Waals surface area contributed by atoms with Gasteiger partial charge in [-0.1, -0.05) is 6.07 Å². The van der Waals surface area contributed by atoms with Gasteiger partial charge in [-0.05, 0) is 47.7 Å². The van der Waals surface area contributed by atoms with Gasteiger partial charge in [0.15, 0.2) is 0 Å². The molecule has 144 valence electrons. The first-order chi connectivity index (χ1) is 13.2. The van der Waals surface area contributed by atoms with Crippen molar-refractivity contribution in [1.29, 1.82) is 0 Å². The fraction of sp³-hybridized carbons (Fsp3) is 0.500. The number of likely N-dealkylation sites (tertiary alicyclic amines) is 1. The van der Waals surface area contributed by atoms with Crippen molar-refractivity contribution in [2.75, 3.05) is 33.3 Å². The van der Waals surface area contributed by atoms with Crippen LogP contribution in [0.2, 0.25) is 0 Å². The number of carbonyl (C=O) groups is 2. The van der Waals surface area contributed by atoms with Gasteiger partial charge in [-0.3, -0.25) is 14.5 Å². The molecule has 0 aromatic carbocycles. The number of methoxy groups -OCH3 is 1. The fourth-order valence-electron chi connectivity index (χ4n) is 4.12. The minimum absolute atomic E-state index is 0.0683. The van der Waals surface area contributed by atoms with Gasteiger partial charge in [0.25, 0.3) is 0 Å². The van der Waals surface area contributed by atoms with Crippen molar-refractivity contribution in [2.24, 2.45) is 5.92 Å². The zero-order valence-corrected chi connectivity index (χ0v) is 17.1. The summed E-state index contributed by atoms with van der Waals surface area (Å²) in [6.07, 6.45) is 2.40. The van der Waals surface area contributed by atoms with Crippen LogP contribution in [0.15, 0.2) is 29.0 Å². The maximum Gasteiger partial charge on any atom is 0.308 e. The highest BCUT2D eigenvalue weighted by Gasteiger charge is 2.34. The molecule has 1 atom stereocenters. The van der Waals surface area contributed by atoms with Crippen LogP contribution in [0.25, 0.3) is 0 Å². The highest BCUT2D eigenvalue weighted by Crippen LogP contribution is 2.39. The number of nitrogens with zero attached hydrogens (tertiary/aromatic N) is 2. The molecule has 0 radical (unpaired) electrons. The minimum atomic E-state index is -0.152.